The monoisotopic (exact) mass is 256 g/mol. The zero-order valence-corrected chi connectivity index (χ0v) is 11.6. The Labute approximate surface area is 115 Å². The van der Waals surface area contributed by atoms with Crippen molar-refractivity contribution in [3.8, 4) is 12.1 Å². The lowest BCUT2D eigenvalue weighted by molar-refractivity contribution is 0.300. The van der Waals surface area contributed by atoms with Crippen LogP contribution in [-0.4, -0.2) is 31.1 Å². The van der Waals surface area contributed by atoms with Crippen LogP contribution in [0, 0.1) is 22.7 Å². The lowest BCUT2D eigenvalue weighted by Gasteiger charge is -2.19. The number of likely N-dealkylation sites (N-methyl/N-ethyl adjacent to an activating group) is 1. The Morgan fingerprint density at radius 1 is 1.26 bits per heavy atom. The van der Waals surface area contributed by atoms with Gasteiger partial charge in [0.2, 0.25) is 0 Å². The topological polar surface area (TPSA) is 62.9 Å². The van der Waals surface area contributed by atoms with Crippen LogP contribution >= 0.6 is 0 Å². The average Bonchev–Trinajstić information content (AvgIpc) is 2.47. The average molecular weight is 256 g/mol. The van der Waals surface area contributed by atoms with Gasteiger partial charge in [-0.2, -0.15) is 10.5 Å². The van der Waals surface area contributed by atoms with Gasteiger partial charge in [-0.05, 0) is 30.8 Å². The minimum absolute atomic E-state index is 0.358. The third-order valence-electron chi connectivity index (χ3n) is 3.15. The summed E-state index contributed by atoms with van der Waals surface area (Å²) in [5.74, 6) is 0. The molecule has 4 nitrogen and oxygen atoms in total. The molecule has 0 saturated carbocycles. The Bertz CT molecular complexity index is 466. The fourth-order valence-corrected chi connectivity index (χ4v) is 1.93. The molecular formula is C15H20N4. The maximum atomic E-state index is 9.21. The highest BCUT2D eigenvalue weighted by molar-refractivity contribution is 5.35. The van der Waals surface area contributed by atoms with Crippen LogP contribution in [0.5, 0.6) is 0 Å². The van der Waals surface area contributed by atoms with E-state index in [1.54, 1.807) is 12.1 Å². The molecule has 0 aliphatic carbocycles. The summed E-state index contributed by atoms with van der Waals surface area (Å²) >= 11 is 0. The molecule has 0 aliphatic heterocycles. The molecular weight excluding hydrogens is 236 g/mol. The van der Waals surface area contributed by atoms with Crippen LogP contribution in [0.3, 0.4) is 0 Å². The SMILES string of the molecule is CCN(CC)CCNC(C#N)c1cccc(C#N)c1. The molecule has 0 bridgehead atoms. The predicted octanol–water partition coefficient (Wildman–Crippen LogP) is 2.05. The second-order valence-corrected chi connectivity index (χ2v) is 4.28. The van der Waals surface area contributed by atoms with E-state index >= 15 is 0 Å². The van der Waals surface area contributed by atoms with Crippen molar-refractivity contribution < 1.29 is 0 Å². The molecule has 1 rings (SSSR count). The summed E-state index contributed by atoms with van der Waals surface area (Å²) in [5, 5.41) is 21.3. The standard InChI is InChI=1S/C15H20N4/c1-3-19(4-2)9-8-18-15(12-17)14-7-5-6-13(10-14)11-16/h5-7,10,15,18H,3-4,8-9H2,1-2H3. The first-order valence-electron chi connectivity index (χ1n) is 6.60. The van der Waals surface area contributed by atoms with Gasteiger partial charge in [0.15, 0.2) is 0 Å². The highest BCUT2D eigenvalue weighted by Crippen LogP contribution is 2.13. The van der Waals surface area contributed by atoms with Gasteiger partial charge < -0.3 is 4.90 Å². The predicted molar refractivity (Wildman–Crippen MR) is 75.3 cm³/mol. The molecule has 0 aromatic heterocycles. The quantitative estimate of drug-likeness (QED) is 0.811. The van der Waals surface area contributed by atoms with Gasteiger partial charge in [0.25, 0.3) is 0 Å². The van der Waals surface area contributed by atoms with Crippen LogP contribution in [0.15, 0.2) is 24.3 Å². The van der Waals surface area contributed by atoms with Gasteiger partial charge in [-0.15, -0.1) is 0 Å². The number of nitriles is 2. The summed E-state index contributed by atoms with van der Waals surface area (Å²) in [5.41, 5.74) is 1.43. The van der Waals surface area contributed by atoms with Gasteiger partial charge in [0.05, 0.1) is 17.7 Å². The molecule has 0 fully saturated rings. The summed E-state index contributed by atoms with van der Waals surface area (Å²) in [7, 11) is 0. The lowest BCUT2D eigenvalue weighted by atomic mass is 10.1. The molecule has 0 saturated heterocycles. The van der Waals surface area contributed by atoms with Crippen LogP contribution in [0.1, 0.15) is 31.0 Å². The number of rotatable bonds is 7. The van der Waals surface area contributed by atoms with Crippen LogP contribution in [0.2, 0.25) is 0 Å². The maximum Gasteiger partial charge on any atom is 0.121 e. The van der Waals surface area contributed by atoms with E-state index in [0.717, 1.165) is 31.7 Å². The van der Waals surface area contributed by atoms with Crippen molar-refractivity contribution in [3.05, 3.63) is 35.4 Å². The molecule has 0 aliphatic rings. The van der Waals surface area contributed by atoms with Gasteiger partial charge >= 0.3 is 0 Å². The van der Waals surface area contributed by atoms with E-state index < -0.39 is 0 Å². The van der Waals surface area contributed by atoms with Gasteiger partial charge in [-0.3, -0.25) is 5.32 Å². The third-order valence-corrected chi connectivity index (χ3v) is 3.15. The highest BCUT2D eigenvalue weighted by atomic mass is 15.1. The molecule has 0 heterocycles. The van der Waals surface area contributed by atoms with Crippen LogP contribution < -0.4 is 5.32 Å². The van der Waals surface area contributed by atoms with Crippen molar-refractivity contribution in [2.75, 3.05) is 26.2 Å². The van der Waals surface area contributed by atoms with E-state index in [0.29, 0.717) is 5.56 Å². The summed E-state index contributed by atoms with van der Waals surface area (Å²) in [6, 6.07) is 11.2. The van der Waals surface area contributed by atoms with Crippen molar-refractivity contribution in [2.24, 2.45) is 0 Å². The van der Waals surface area contributed by atoms with E-state index in [1.807, 2.05) is 12.1 Å². The Balaban J connectivity index is 2.59. The molecule has 4 heteroatoms. The summed E-state index contributed by atoms with van der Waals surface area (Å²) in [6.45, 7) is 7.96. The summed E-state index contributed by atoms with van der Waals surface area (Å²) < 4.78 is 0. The van der Waals surface area contributed by atoms with Gasteiger partial charge in [0.1, 0.15) is 6.04 Å². The van der Waals surface area contributed by atoms with Crippen LogP contribution in [-0.2, 0) is 0 Å². The van der Waals surface area contributed by atoms with Gasteiger partial charge in [-0.25, -0.2) is 0 Å². The number of nitrogens with one attached hydrogen (secondary N) is 1. The van der Waals surface area contributed by atoms with Crippen molar-refractivity contribution in [1.29, 1.82) is 10.5 Å². The van der Waals surface area contributed by atoms with Crippen molar-refractivity contribution >= 4 is 0 Å². The van der Waals surface area contributed by atoms with Gasteiger partial charge in [-0.1, -0.05) is 26.0 Å². The second kappa shape index (κ2) is 8.26. The fourth-order valence-electron chi connectivity index (χ4n) is 1.93. The Morgan fingerprint density at radius 2 is 2.00 bits per heavy atom. The molecule has 1 atom stereocenters. The Morgan fingerprint density at radius 3 is 2.58 bits per heavy atom. The number of hydrogen-bond acceptors (Lipinski definition) is 4. The highest BCUT2D eigenvalue weighted by Gasteiger charge is 2.10. The zero-order valence-electron chi connectivity index (χ0n) is 11.6. The Kier molecular flexibility index (Phi) is 6.60. The van der Waals surface area contributed by atoms with E-state index in [1.165, 1.54) is 0 Å². The lowest BCUT2D eigenvalue weighted by Crippen LogP contribution is -2.33. The fraction of sp³-hybridized carbons (Fsp3) is 0.467. The third kappa shape index (κ3) is 4.71. The van der Waals surface area contributed by atoms with Crippen LogP contribution in [0.25, 0.3) is 0 Å². The molecule has 1 aromatic rings. The Hall–Kier alpha value is -1.88. The normalized spacial score (nSPS) is 11.8. The minimum atomic E-state index is -0.358. The molecule has 0 amide bonds. The molecule has 100 valence electrons. The first-order chi connectivity index (χ1) is 9.24. The zero-order chi connectivity index (χ0) is 14.1. The molecule has 0 radical (unpaired) electrons. The molecule has 1 aromatic carbocycles. The van der Waals surface area contributed by atoms with E-state index in [2.05, 4.69) is 36.2 Å². The molecule has 1 unspecified atom stereocenters. The van der Waals surface area contributed by atoms with Gasteiger partial charge in [0, 0.05) is 13.1 Å². The molecule has 1 N–H and O–H groups in total. The molecule has 0 spiro atoms. The number of benzene rings is 1. The minimum Gasteiger partial charge on any atom is -0.303 e. The first kappa shape index (κ1) is 15.2. The number of nitrogens with zero attached hydrogens (tertiary/aromatic N) is 3. The van der Waals surface area contributed by atoms with E-state index in [9.17, 15) is 5.26 Å². The van der Waals surface area contributed by atoms with Crippen molar-refractivity contribution in [2.45, 2.75) is 19.9 Å². The largest absolute Gasteiger partial charge is 0.303 e. The van der Waals surface area contributed by atoms with Crippen LogP contribution in [0.4, 0.5) is 0 Å². The van der Waals surface area contributed by atoms with Crippen molar-refractivity contribution in [1.82, 2.24) is 10.2 Å². The van der Waals surface area contributed by atoms with E-state index in [-0.39, 0.29) is 6.04 Å². The first-order valence-corrected chi connectivity index (χ1v) is 6.60. The smallest absolute Gasteiger partial charge is 0.121 e. The summed E-state index contributed by atoms with van der Waals surface area (Å²) in [6.07, 6.45) is 0. The molecule has 19 heavy (non-hydrogen) atoms. The summed E-state index contributed by atoms with van der Waals surface area (Å²) in [4.78, 5) is 2.30. The van der Waals surface area contributed by atoms with Crippen molar-refractivity contribution in [3.63, 3.8) is 0 Å². The maximum absolute atomic E-state index is 9.21. The second-order valence-electron chi connectivity index (χ2n) is 4.28. The number of hydrogen-bond donors (Lipinski definition) is 1. The van der Waals surface area contributed by atoms with E-state index in [4.69, 9.17) is 5.26 Å².